The van der Waals surface area contributed by atoms with E-state index >= 15 is 0 Å². The standard InChI is InChI=1S/C24H19BrClNO2/c25-17-8-6-16(7-9-17)24-19(15-4-2-1-3-5-15)13-23(10-11-28-23)22(24)21-20(29-24)12-18(26)14-27-21/h1-9,12,14,19,22H,10-11,13H2. The van der Waals surface area contributed by atoms with E-state index in [4.69, 9.17) is 26.1 Å². The third-order valence-corrected chi connectivity index (χ3v) is 7.57. The fourth-order valence-electron chi connectivity index (χ4n) is 5.64. The van der Waals surface area contributed by atoms with Crippen LogP contribution in [0.5, 0.6) is 5.75 Å². The summed E-state index contributed by atoms with van der Waals surface area (Å²) in [6, 6.07) is 21.1. The fourth-order valence-corrected chi connectivity index (χ4v) is 6.05. The van der Waals surface area contributed by atoms with Gasteiger partial charge in [-0.05, 0) is 29.7 Å². The summed E-state index contributed by atoms with van der Waals surface area (Å²) in [6.07, 6.45) is 3.66. The van der Waals surface area contributed by atoms with Crippen LogP contribution in [0.15, 0.2) is 71.3 Å². The zero-order valence-electron chi connectivity index (χ0n) is 15.6. The lowest BCUT2D eigenvalue weighted by Gasteiger charge is -2.44. The minimum atomic E-state index is -0.567. The number of pyridine rings is 1. The molecule has 4 unspecified atom stereocenters. The second-order valence-corrected chi connectivity index (χ2v) is 9.55. The molecule has 2 fully saturated rings. The van der Waals surface area contributed by atoms with Crippen LogP contribution < -0.4 is 4.74 Å². The molecule has 4 atom stereocenters. The molecule has 1 aliphatic carbocycles. The van der Waals surface area contributed by atoms with E-state index in [1.807, 2.05) is 6.07 Å². The number of hydrogen-bond acceptors (Lipinski definition) is 3. The third kappa shape index (κ3) is 2.43. The minimum absolute atomic E-state index is 0.0300. The Morgan fingerprint density at radius 3 is 2.52 bits per heavy atom. The summed E-state index contributed by atoms with van der Waals surface area (Å²) in [5.41, 5.74) is 2.57. The Balaban J connectivity index is 1.62. The molecule has 1 aromatic heterocycles. The van der Waals surface area contributed by atoms with Crippen molar-refractivity contribution >= 4 is 27.5 Å². The van der Waals surface area contributed by atoms with Gasteiger partial charge in [0.25, 0.3) is 0 Å². The third-order valence-electron chi connectivity index (χ3n) is 6.84. The topological polar surface area (TPSA) is 31.4 Å². The summed E-state index contributed by atoms with van der Waals surface area (Å²) in [4.78, 5) is 4.75. The number of halogens is 2. The Bertz CT molecular complexity index is 1080. The SMILES string of the molecule is Clc1cnc2c(c1)OC1(c3ccc(Br)cc3)C(c3ccccc3)CC3(CCO3)C21. The lowest BCUT2D eigenvalue weighted by Crippen LogP contribution is -2.49. The van der Waals surface area contributed by atoms with Crippen molar-refractivity contribution < 1.29 is 9.47 Å². The van der Waals surface area contributed by atoms with Crippen LogP contribution in [0.4, 0.5) is 0 Å². The first kappa shape index (κ1) is 17.9. The minimum Gasteiger partial charge on any atom is -0.479 e. The van der Waals surface area contributed by atoms with Crippen molar-refractivity contribution in [2.45, 2.75) is 35.9 Å². The molecule has 3 aliphatic rings. The molecular formula is C24H19BrClNO2. The molecule has 1 spiro atoms. The van der Waals surface area contributed by atoms with Crippen LogP contribution in [0, 0.1) is 0 Å². The highest BCUT2D eigenvalue weighted by atomic mass is 79.9. The van der Waals surface area contributed by atoms with E-state index in [1.54, 1.807) is 6.20 Å². The number of aromatic nitrogens is 1. The van der Waals surface area contributed by atoms with Crippen molar-refractivity contribution in [3.63, 3.8) is 0 Å². The van der Waals surface area contributed by atoms with E-state index in [-0.39, 0.29) is 17.4 Å². The smallest absolute Gasteiger partial charge is 0.152 e. The highest BCUT2D eigenvalue weighted by Gasteiger charge is 2.71. The van der Waals surface area contributed by atoms with Crippen LogP contribution in [0.1, 0.15) is 41.5 Å². The lowest BCUT2D eigenvalue weighted by atomic mass is 9.72. The first-order valence-corrected chi connectivity index (χ1v) is 11.1. The molecule has 3 nitrogen and oxygen atoms in total. The molecule has 0 amide bonds. The van der Waals surface area contributed by atoms with Gasteiger partial charge < -0.3 is 9.47 Å². The number of hydrogen-bond donors (Lipinski definition) is 0. The number of ether oxygens (including phenoxy) is 2. The fraction of sp³-hybridized carbons (Fsp3) is 0.292. The molecule has 3 aromatic rings. The summed E-state index contributed by atoms with van der Waals surface area (Å²) in [6.45, 7) is 0.789. The van der Waals surface area contributed by atoms with Crippen molar-refractivity contribution in [3.05, 3.63) is 93.2 Å². The quantitative estimate of drug-likeness (QED) is 0.448. The van der Waals surface area contributed by atoms with Crippen molar-refractivity contribution in [2.24, 2.45) is 0 Å². The number of fused-ring (bicyclic) bond motifs is 4. The number of benzene rings is 2. The summed E-state index contributed by atoms with van der Waals surface area (Å²) in [5.74, 6) is 0.964. The molecule has 3 heterocycles. The van der Waals surface area contributed by atoms with Crippen molar-refractivity contribution in [1.82, 2.24) is 4.98 Å². The van der Waals surface area contributed by atoms with Gasteiger partial charge in [-0.1, -0.05) is 70.0 Å². The van der Waals surface area contributed by atoms with Crippen LogP contribution >= 0.6 is 27.5 Å². The summed E-state index contributed by atoms with van der Waals surface area (Å²) in [7, 11) is 0. The molecule has 2 aliphatic heterocycles. The summed E-state index contributed by atoms with van der Waals surface area (Å²) < 4.78 is 14.3. The zero-order valence-corrected chi connectivity index (χ0v) is 18.0. The molecular weight excluding hydrogens is 450 g/mol. The van der Waals surface area contributed by atoms with Crippen LogP contribution in [0.3, 0.4) is 0 Å². The maximum Gasteiger partial charge on any atom is 0.152 e. The van der Waals surface area contributed by atoms with Gasteiger partial charge in [-0.25, -0.2) is 0 Å². The van der Waals surface area contributed by atoms with Crippen LogP contribution in [0.2, 0.25) is 5.02 Å². The van der Waals surface area contributed by atoms with Crippen LogP contribution in [-0.2, 0) is 10.3 Å². The highest BCUT2D eigenvalue weighted by molar-refractivity contribution is 9.10. The molecule has 0 N–H and O–H groups in total. The second kappa shape index (κ2) is 6.31. The van der Waals surface area contributed by atoms with Crippen molar-refractivity contribution in [3.8, 4) is 5.75 Å². The maximum absolute atomic E-state index is 6.88. The van der Waals surface area contributed by atoms with E-state index < -0.39 is 5.60 Å². The molecule has 146 valence electrons. The van der Waals surface area contributed by atoms with E-state index in [2.05, 4.69) is 70.5 Å². The van der Waals surface area contributed by atoms with E-state index in [0.29, 0.717) is 5.02 Å². The van der Waals surface area contributed by atoms with Gasteiger partial charge in [-0.2, -0.15) is 0 Å². The maximum atomic E-state index is 6.88. The zero-order chi connectivity index (χ0) is 19.6. The largest absolute Gasteiger partial charge is 0.479 e. The Morgan fingerprint density at radius 1 is 1.07 bits per heavy atom. The average molecular weight is 469 g/mol. The first-order valence-electron chi connectivity index (χ1n) is 9.92. The Hall–Kier alpha value is -1.88. The Morgan fingerprint density at radius 2 is 1.83 bits per heavy atom. The van der Waals surface area contributed by atoms with Gasteiger partial charge in [-0.15, -0.1) is 0 Å². The van der Waals surface area contributed by atoms with Gasteiger partial charge in [0.1, 0.15) is 5.75 Å². The van der Waals surface area contributed by atoms with Gasteiger partial charge in [-0.3, -0.25) is 4.98 Å². The van der Waals surface area contributed by atoms with Gasteiger partial charge in [0, 0.05) is 29.1 Å². The highest BCUT2D eigenvalue weighted by Crippen LogP contribution is 2.70. The van der Waals surface area contributed by atoms with Crippen LogP contribution in [0.25, 0.3) is 0 Å². The molecule has 0 radical (unpaired) electrons. The normalized spacial score (nSPS) is 31.8. The first-order chi connectivity index (χ1) is 14.1. The Kier molecular flexibility index (Phi) is 3.90. The van der Waals surface area contributed by atoms with Gasteiger partial charge in [0.2, 0.25) is 0 Å². The molecule has 29 heavy (non-hydrogen) atoms. The monoisotopic (exact) mass is 467 g/mol. The summed E-state index contributed by atoms with van der Waals surface area (Å²) >= 11 is 9.86. The van der Waals surface area contributed by atoms with Gasteiger partial charge in [0.05, 0.1) is 28.8 Å². The lowest BCUT2D eigenvalue weighted by molar-refractivity contribution is -0.161. The van der Waals surface area contributed by atoms with Crippen molar-refractivity contribution in [1.29, 1.82) is 0 Å². The van der Waals surface area contributed by atoms with E-state index in [0.717, 1.165) is 40.9 Å². The molecule has 0 bridgehead atoms. The average Bonchev–Trinajstić information content (AvgIpc) is 3.19. The van der Waals surface area contributed by atoms with Crippen molar-refractivity contribution in [2.75, 3.05) is 6.61 Å². The molecule has 1 saturated carbocycles. The number of rotatable bonds is 2. The van der Waals surface area contributed by atoms with Gasteiger partial charge in [0.15, 0.2) is 5.60 Å². The van der Waals surface area contributed by atoms with E-state index in [9.17, 15) is 0 Å². The van der Waals surface area contributed by atoms with E-state index in [1.165, 1.54) is 5.56 Å². The molecule has 2 aromatic carbocycles. The predicted molar refractivity (Wildman–Crippen MR) is 116 cm³/mol. The second-order valence-electron chi connectivity index (χ2n) is 8.20. The predicted octanol–water partition coefficient (Wildman–Crippen LogP) is 6.22. The summed E-state index contributed by atoms with van der Waals surface area (Å²) in [5, 5.41) is 0.592. The molecule has 6 rings (SSSR count). The molecule has 1 saturated heterocycles. The van der Waals surface area contributed by atoms with Gasteiger partial charge >= 0.3 is 0 Å². The molecule has 5 heteroatoms. The van der Waals surface area contributed by atoms with Crippen LogP contribution in [-0.4, -0.2) is 17.2 Å². The Labute approximate surface area is 183 Å². The number of nitrogens with zero attached hydrogens (tertiary/aromatic N) is 1.